The molecule has 0 N–H and O–H groups in total. The molecule has 1 heterocycles. The van der Waals surface area contributed by atoms with Crippen molar-refractivity contribution < 1.29 is 0 Å². The molecule has 1 rings (SSSR count). The lowest BCUT2D eigenvalue weighted by Gasteiger charge is -2.09. The van der Waals surface area contributed by atoms with Gasteiger partial charge in [-0.15, -0.1) is 17.9 Å². The van der Waals surface area contributed by atoms with E-state index in [1.54, 1.807) is 0 Å². The van der Waals surface area contributed by atoms with Gasteiger partial charge in [-0.1, -0.05) is 14.0 Å². The minimum absolute atomic E-state index is 0.0980. The smallest absolute Gasteiger partial charge is 0.0742 e. The molecule has 4 unspecified atom stereocenters. The fourth-order valence-corrected chi connectivity index (χ4v) is 4.54. The lowest BCUT2D eigenvalue weighted by Crippen LogP contribution is -2.04. The number of rotatable bonds is 2. The van der Waals surface area contributed by atoms with Crippen LogP contribution in [0.4, 0.5) is 0 Å². The van der Waals surface area contributed by atoms with E-state index in [-0.39, 0.29) is 7.30 Å². The molecule has 0 aliphatic heterocycles. The first-order valence-corrected chi connectivity index (χ1v) is 9.79. The molecule has 0 spiro atoms. The average Bonchev–Trinajstić information content (AvgIpc) is 2.04. The minimum Gasteiger partial charge on any atom is -0.256 e. The van der Waals surface area contributed by atoms with E-state index in [0.29, 0.717) is 0 Å². The van der Waals surface area contributed by atoms with Crippen molar-refractivity contribution in [2.75, 3.05) is 0 Å². The third kappa shape index (κ3) is 2.68. The van der Waals surface area contributed by atoms with Gasteiger partial charge in [0, 0.05) is 6.20 Å². The number of aromatic nitrogens is 1. The van der Waals surface area contributed by atoms with E-state index in [1.165, 1.54) is 11.0 Å². The maximum atomic E-state index is 4.35. The molecule has 0 saturated carbocycles. The molecule has 5 heteroatoms. The lowest BCUT2D eigenvalue weighted by molar-refractivity contribution is 1.33. The summed E-state index contributed by atoms with van der Waals surface area (Å²) >= 11 is 0. The molecule has 1 aromatic rings. The Morgan fingerprint density at radius 1 is 1.64 bits per heavy atom. The number of hydrogen-bond donors (Lipinski definition) is 0. The first-order chi connectivity index (χ1) is 5.25. The molecule has 11 heavy (non-hydrogen) atoms. The van der Waals surface area contributed by atoms with Gasteiger partial charge in [-0.2, -0.15) is 0 Å². The molecule has 1 aromatic heterocycles. The first kappa shape index (κ1) is 9.95. The Hall–Kier alpha value is 0.870. The van der Waals surface area contributed by atoms with E-state index < -0.39 is 0 Å². The van der Waals surface area contributed by atoms with E-state index in [9.17, 15) is 0 Å². The molecule has 0 radical (unpaired) electrons. The lowest BCUT2D eigenvalue weighted by atomic mass is 10.3. The molecule has 0 bridgehead atoms. The van der Waals surface area contributed by atoms with Crippen LogP contribution < -0.4 is 5.44 Å². The van der Waals surface area contributed by atoms with Crippen LogP contribution in [0.25, 0.3) is 0 Å². The van der Waals surface area contributed by atoms with Gasteiger partial charge in [-0.25, -0.2) is 0 Å². The number of aryl methyl sites for hydroxylation is 1. The number of nitrogens with zero attached hydrogens (tertiary/aromatic N) is 1. The second-order valence-electron chi connectivity index (χ2n) is 2.14. The van der Waals surface area contributed by atoms with Gasteiger partial charge in [0.2, 0.25) is 0 Å². The summed E-state index contributed by atoms with van der Waals surface area (Å²) in [7, 11) is 6.45. The average molecular weight is 221 g/mol. The van der Waals surface area contributed by atoms with Crippen molar-refractivity contribution in [3.63, 3.8) is 0 Å². The van der Waals surface area contributed by atoms with E-state index in [4.69, 9.17) is 0 Å². The van der Waals surface area contributed by atoms with Crippen LogP contribution in [0.1, 0.15) is 5.56 Å². The molecule has 0 saturated heterocycles. The van der Waals surface area contributed by atoms with Gasteiger partial charge in [-0.3, -0.25) is 4.98 Å². The number of pyridine rings is 1. The zero-order valence-electron chi connectivity index (χ0n) is 6.28. The van der Waals surface area contributed by atoms with Gasteiger partial charge in [0.25, 0.3) is 0 Å². The normalized spacial score (nSPS) is 14.1. The maximum absolute atomic E-state index is 4.35. The highest BCUT2D eigenvalue weighted by Crippen LogP contribution is 2.64. The Labute approximate surface area is 74.8 Å². The summed E-state index contributed by atoms with van der Waals surface area (Å²) in [6.07, 6.45) is 1.87. The van der Waals surface area contributed by atoms with Crippen molar-refractivity contribution in [2.24, 2.45) is 0 Å². The highest BCUT2D eigenvalue weighted by atomic mass is 32.6. The van der Waals surface area contributed by atoms with Crippen LogP contribution in [0.2, 0.25) is 0 Å². The van der Waals surface area contributed by atoms with Crippen molar-refractivity contribution in [1.82, 2.24) is 4.98 Å². The summed E-state index contributed by atoms with van der Waals surface area (Å²) < 4.78 is 0. The Balaban J connectivity index is 2.93. The van der Waals surface area contributed by atoms with Crippen LogP contribution in [-0.2, 0) is 0 Å². The third-order valence-corrected chi connectivity index (χ3v) is 11.3. The van der Waals surface area contributed by atoms with Crippen molar-refractivity contribution in [3.8, 4) is 0 Å². The van der Waals surface area contributed by atoms with Crippen LogP contribution in [-0.4, -0.2) is 4.98 Å². The van der Waals surface area contributed by atoms with Gasteiger partial charge in [0.1, 0.15) is 0 Å². The van der Waals surface area contributed by atoms with E-state index in [2.05, 4.69) is 35.8 Å². The Kier molecular flexibility index (Phi) is 4.33. The predicted molar refractivity (Wildman–Crippen MR) is 63.3 cm³/mol. The minimum atomic E-state index is -0.0980. The van der Waals surface area contributed by atoms with E-state index >= 15 is 0 Å². The zero-order valence-corrected chi connectivity index (χ0v) is 10.5. The van der Waals surface area contributed by atoms with Crippen LogP contribution in [0.15, 0.2) is 18.3 Å². The van der Waals surface area contributed by atoms with Gasteiger partial charge < -0.3 is 0 Å². The van der Waals surface area contributed by atoms with Crippen LogP contribution in [0, 0.1) is 6.92 Å². The number of hydrogen-bond acceptors (Lipinski definition) is 1. The van der Waals surface area contributed by atoms with E-state index in [0.717, 1.165) is 7.96 Å². The summed E-state index contributed by atoms with van der Waals surface area (Å²) in [5.74, 6) is 0. The molecule has 0 aromatic carbocycles. The zero-order chi connectivity index (χ0) is 8.27. The quantitative estimate of drug-likeness (QED) is 0.699. The molecular formula is C6H11NP4. The topological polar surface area (TPSA) is 12.9 Å². The summed E-state index contributed by atoms with van der Waals surface area (Å²) in [6, 6.07) is 4.10. The molecule has 60 valence electrons. The first-order valence-electron chi connectivity index (χ1n) is 3.18. The van der Waals surface area contributed by atoms with Crippen molar-refractivity contribution in [2.45, 2.75) is 6.92 Å². The predicted octanol–water partition coefficient (Wildman–Crippen LogP) is 2.67. The monoisotopic (exact) mass is 221 g/mol. The Morgan fingerprint density at radius 3 is 2.91 bits per heavy atom. The van der Waals surface area contributed by atoms with E-state index in [1.807, 2.05) is 12.3 Å². The highest BCUT2D eigenvalue weighted by Gasteiger charge is 2.05. The van der Waals surface area contributed by atoms with Crippen LogP contribution in [0.3, 0.4) is 0 Å². The van der Waals surface area contributed by atoms with Crippen molar-refractivity contribution >= 4 is 38.5 Å². The Bertz CT molecular complexity index is 240. The second kappa shape index (κ2) is 4.79. The van der Waals surface area contributed by atoms with Gasteiger partial charge in [0.15, 0.2) is 0 Å². The largest absolute Gasteiger partial charge is 0.256 e. The summed E-state index contributed by atoms with van der Waals surface area (Å²) in [5.41, 5.74) is 2.57. The van der Waals surface area contributed by atoms with Crippen molar-refractivity contribution in [1.29, 1.82) is 0 Å². The molecule has 4 atom stereocenters. The summed E-state index contributed by atoms with van der Waals surface area (Å²) in [5, 5.41) is 0. The second-order valence-corrected chi connectivity index (χ2v) is 11.2. The maximum Gasteiger partial charge on any atom is 0.0742 e. The molecule has 0 aliphatic rings. The van der Waals surface area contributed by atoms with Crippen LogP contribution in [0.5, 0.6) is 0 Å². The fraction of sp³-hybridized carbons (Fsp3) is 0.167. The third-order valence-electron chi connectivity index (χ3n) is 1.35. The van der Waals surface area contributed by atoms with Gasteiger partial charge >= 0.3 is 0 Å². The molecular weight excluding hydrogens is 210 g/mol. The summed E-state index contributed by atoms with van der Waals surface area (Å²) in [6.45, 7) is 2.12. The van der Waals surface area contributed by atoms with Gasteiger partial charge in [-0.05, 0) is 25.9 Å². The molecule has 0 amide bonds. The van der Waals surface area contributed by atoms with Crippen molar-refractivity contribution in [3.05, 3.63) is 23.9 Å². The molecule has 0 fully saturated rings. The fourth-order valence-electron chi connectivity index (χ4n) is 0.791. The van der Waals surface area contributed by atoms with Crippen LogP contribution >= 0.6 is 33.1 Å². The summed E-state index contributed by atoms with van der Waals surface area (Å²) in [4.78, 5) is 4.35. The van der Waals surface area contributed by atoms with Gasteiger partial charge in [0.05, 0.1) is 5.44 Å². The molecule has 1 nitrogen and oxygen atoms in total. The molecule has 0 aliphatic carbocycles. The standard InChI is InChI=1S/C6H11NP4/c1-5-3-2-4-7-6(5)11(9)10-8/h2-4,10H,8-9H2,1H3. The highest BCUT2D eigenvalue weighted by molar-refractivity contribution is 8.63. The SMILES string of the molecule is Cc1cccnc1P(P)PP. The Morgan fingerprint density at radius 2 is 2.36 bits per heavy atom.